The molecular formula is C14H19ClN4. The van der Waals surface area contributed by atoms with Crippen LogP contribution >= 0.6 is 11.6 Å². The standard InChI is InChI=1S/C14H19ClN4/c1-9-11(10(2)18-17-9)8-16-13-7-5-6-12(15)14(13)19(3)4/h5-7,16H,8H2,1-4H3,(H,17,18). The van der Waals surface area contributed by atoms with Gasteiger partial charge in [-0.1, -0.05) is 17.7 Å². The molecular weight excluding hydrogens is 260 g/mol. The number of aryl methyl sites for hydroxylation is 2. The lowest BCUT2D eigenvalue weighted by Gasteiger charge is -2.20. The summed E-state index contributed by atoms with van der Waals surface area (Å²) in [4.78, 5) is 2.01. The molecule has 1 aromatic carbocycles. The summed E-state index contributed by atoms with van der Waals surface area (Å²) in [6, 6.07) is 5.88. The van der Waals surface area contributed by atoms with Crippen LogP contribution in [0.4, 0.5) is 11.4 Å². The van der Waals surface area contributed by atoms with E-state index in [0.29, 0.717) is 0 Å². The number of benzene rings is 1. The normalized spacial score (nSPS) is 10.6. The minimum absolute atomic E-state index is 0.731. The Hall–Kier alpha value is -1.68. The molecule has 0 aliphatic rings. The molecule has 0 bridgehead atoms. The second kappa shape index (κ2) is 5.53. The highest BCUT2D eigenvalue weighted by atomic mass is 35.5. The molecule has 0 aliphatic heterocycles. The molecule has 4 nitrogen and oxygen atoms in total. The number of H-pyrrole nitrogens is 1. The molecule has 0 spiro atoms. The zero-order valence-electron chi connectivity index (χ0n) is 11.7. The molecule has 0 unspecified atom stereocenters. The Kier molecular flexibility index (Phi) is 4.00. The van der Waals surface area contributed by atoms with Crippen molar-refractivity contribution in [2.75, 3.05) is 24.3 Å². The summed E-state index contributed by atoms with van der Waals surface area (Å²) in [6.07, 6.45) is 0. The Morgan fingerprint density at radius 2 is 2.05 bits per heavy atom. The van der Waals surface area contributed by atoms with E-state index in [4.69, 9.17) is 11.6 Å². The second-order valence-corrected chi connectivity index (χ2v) is 5.20. The second-order valence-electron chi connectivity index (χ2n) is 4.80. The number of para-hydroxylation sites is 1. The molecule has 2 N–H and O–H groups in total. The van der Waals surface area contributed by atoms with Crippen LogP contribution in [-0.2, 0) is 6.54 Å². The van der Waals surface area contributed by atoms with E-state index in [0.717, 1.165) is 34.3 Å². The summed E-state index contributed by atoms with van der Waals surface area (Å²) >= 11 is 6.25. The average molecular weight is 279 g/mol. The lowest BCUT2D eigenvalue weighted by molar-refractivity contribution is 1.02. The van der Waals surface area contributed by atoms with Crippen LogP contribution in [0.5, 0.6) is 0 Å². The predicted octanol–water partition coefficient (Wildman–Crippen LogP) is 3.36. The van der Waals surface area contributed by atoms with E-state index in [-0.39, 0.29) is 0 Å². The minimum atomic E-state index is 0.731. The van der Waals surface area contributed by atoms with E-state index in [9.17, 15) is 0 Å². The third kappa shape index (κ3) is 2.84. The van der Waals surface area contributed by atoms with E-state index >= 15 is 0 Å². The third-order valence-electron chi connectivity index (χ3n) is 3.17. The van der Waals surface area contributed by atoms with Gasteiger partial charge in [-0.3, -0.25) is 5.10 Å². The molecule has 2 rings (SSSR count). The summed E-state index contributed by atoms with van der Waals surface area (Å²) < 4.78 is 0. The molecule has 0 saturated carbocycles. The van der Waals surface area contributed by atoms with Crippen LogP contribution in [-0.4, -0.2) is 24.3 Å². The van der Waals surface area contributed by atoms with Crippen molar-refractivity contribution in [3.05, 3.63) is 40.2 Å². The molecule has 19 heavy (non-hydrogen) atoms. The fraction of sp³-hybridized carbons (Fsp3) is 0.357. The highest BCUT2D eigenvalue weighted by Gasteiger charge is 2.11. The summed E-state index contributed by atoms with van der Waals surface area (Å²) in [5, 5.41) is 11.4. The fourth-order valence-electron chi connectivity index (χ4n) is 2.13. The molecule has 0 fully saturated rings. The maximum atomic E-state index is 6.25. The van der Waals surface area contributed by atoms with Crippen molar-refractivity contribution in [1.82, 2.24) is 10.2 Å². The van der Waals surface area contributed by atoms with E-state index in [2.05, 4.69) is 15.5 Å². The van der Waals surface area contributed by atoms with Gasteiger partial charge in [-0.25, -0.2) is 0 Å². The molecule has 0 saturated heterocycles. The van der Waals surface area contributed by atoms with Crippen molar-refractivity contribution >= 4 is 23.0 Å². The van der Waals surface area contributed by atoms with Gasteiger partial charge in [-0.15, -0.1) is 0 Å². The Morgan fingerprint density at radius 3 is 2.63 bits per heavy atom. The van der Waals surface area contributed by atoms with Gasteiger partial charge >= 0.3 is 0 Å². The Labute approximate surface area is 118 Å². The Bertz CT molecular complexity index is 555. The lowest BCUT2D eigenvalue weighted by atomic mass is 10.2. The largest absolute Gasteiger partial charge is 0.379 e. The number of anilines is 2. The monoisotopic (exact) mass is 278 g/mol. The molecule has 0 radical (unpaired) electrons. The van der Waals surface area contributed by atoms with Crippen LogP contribution < -0.4 is 10.2 Å². The predicted molar refractivity (Wildman–Crippen MR) is 81.2 cm³/mol. The average Bonchev–Trinajstić information content (AvgIpc) is 2.66. The minimum Gasteiger partial charge on any atom is -0.379 e. The topological polar surface area (TPSA) is 44.0 Å². The van der Waals surface area contributed by atoms with Crippen LogP contribution in [0.1, 0.15) is 17.0 Å². The third-order valence-corrected chi connectivity index (χ3v) is 3.48. The van der Waals surface area contributed by atoms with Gasteiger partial charge in [0.25, 0.3) is 0 Å². The van der Waals surface area contributed by atoms with Gasteiger partial charge in [0.1, 0.15) is 0 Å². The first-order chi connectivity index (χ1) is 9.00. The number of aromatic amines is 1. The van der Waals surface area contributed by atoms with Gasteiger partial charge < -0.3 is 10.2 Å². The summed E-state index contributed by atoms with van der Waals surface area (Å²) in [7, 11) is 3.97. The maximum Gasteiger partial charge on any atom is 0.0786 e. The smallest absolute Gasteiger partial charge is 0.0786 e. The highest BCUT2D eigenvalue weighted by Crippen LogP contribution is 2.32. The lowest BCUT2D eigenvalue weighted by Crippen LogP contribution is -2.13. The van der Waals surface area contributed by atoms with Gasteiger partial charge in [-0.2, -0.15) is 5.10 Å². The van der Waals surface area contributed by atoms with Crippen molar-refractivity contribution in [2.24, 2.45) is 0 Å². The van der Waals surface area contributed by atoms with E-state index in [1.807, 2.05) is 51.0 Å². The molecule has 0 aliphatic carbocycles. The number of aromatic nitrogens is 2. The number of rotatable bonds is 4. The fourth-order valence-corrected chi connectivity index (χ4v) is 2.47. The Balaban J connectivity index is 2.23. The number of nitrogens with zero attached hydrogens (tertiary/aromatic N) is 2. The van der Waals surface area contributed by atoms with Gasteiger partial charge in [0, 0.05) is 31.9 Å². The zero-order valence-corrected chi connectivity index (χ0v) is 12.5. The number of halogens is 1. The summed E-state index contributed by atoms with van der Waals surface area (Å²) in [5.74, 6) is 0. The van der Waals surface area contributed by atoms with Crippen LogP contribution in [0.25, 0.3) is 0 Å². The van der Waals surface area contributed by atoms with Crippen molar-refractivity contribution in [3.8, 4) is 0 Å². The maximum absolute atomic E-state index is 6.25. The molecule has 0 amide bonds. The summed E-state index contributed by atoms with van der Waals surface area (Å²) in [6.45, 7) is 4.77. The molecule has 102 valence electrons. The van der Waals surface area contributed by atoms with Crippen molar-refractivity contribution < 1.29 is 0 Å². The molecule has 2 aromatic rings. The SMILES string of the molecule is Cc1n[nH]c(C)c1CNc1cccc(Cl)c1N(C)C. The first kappa shape index (κ1) is 13.7. The zero-order chi connectivity index (χ0) is 14.0. The molecule has 0 atom stereocenters. The summed E-state index contributed by atoms with van der Waals surface area (Å²) in [5.41, 5.74) is 5.35. The molecule has 1 aromatic heterocycles. The van der Waals surface area contributed by atoms with E-state index in [1.54, 1.807) is 0 Å². The van der Waals surface area contributed by atoms with Crippen LogP contribution in [0.3, 0.4) is 0 Å². The number of hydrogen-bond donors (Lipinski definition) is 2. The van der Waals surface area contributed by atoms with Crippen molar-refractivity contribution in [3.63, 3.8) is 0 Å². The molecule has 5 heteroatoms. The van der Waals surface area contributed by atoms with Crippen LogP contribution in [0.2, 0.25) is 5.02 Å². The van der Waals surface area contributed by atoms with Gasteiger partial charge in [-0.05, 0) is 26.0 Å². The first-order valence-electron chi connectivity index (χ1n) is 6.21. The number of hydrogen-bond acceptors (Lipinski definition) is 3. The van der Waals surface area contributed by atoms with Crippen molar-refractivity contribution in [1.29, 1.82) is 0 Å². The first-order valence-corrected chi connectivity index (χ1v) is 6.58. The van der Waals surface area contributed by atoms with E-state index in [1.165, 1.54) is 5.56 Å². The Morgan fingerprint density at radius 1 is 1.32 bits per heavy atom. The van der Waals surface area contributed by atoms with Gasteiger partial charge in [0.15, 0.2) is 0 Å². The highest BCUT2D eigenvalue weighted by molar-refractivity contribution is 6.34. The van der Waals surface area contributed by atoms with Gasteiger partial charge in [0.05, 0.1) is 22.1 Å². The van der Waals surface area contributed by atoms with Crippen LogP contribution in [0.15, 0.2) is 18.2 Å². The van der Waals surface area contributed by atoms with E-state index < -0.39 is 0 Å². The quantitative estimate of drug-likeness (QED) is 0.901. The van der Waals surface area contributed by atoms with Crippen LogP contribution in [0, 0.1) is 13.8 Å². The molecule has 1 heterocycles. The van der Waals surface area contributed by atoms with Gasteiger partial charge in [0.2, 0.25) is 0 Å². The van der Waals surface area contributed by atoms with Crippen molar-refractivity contribution in [2.45, 2.75) is 20.4 Å². The number of nitrogens with one attached hydrogen (secondary N) is 2.